The third-order valence-corrected chi connectivity index (χ3v) is 1.60. The molecule has 0 spiro atoms. The molecular weight excluding hydrogens is 168 g/mol. The number of hydrogen-bond acceptors (Lipinski definition) is 2. The zero-order valence-electron chi connectivity index (χ0n) is 6.38. The first-order chi connectivity index (χ1) is 4.45. The van der Waals surface area contributed by atoms with Gasteiger partial charge >= 0.3 is 0 Å². The highest BCUT2D eigenvalue weighted by atomic mass is 32.2. The second-order valence-electron chi connectivity index (χ2n) is 2.11. The molecule has 0 heterocycles. The summed E-state index contributed by atoms with van der Waals surface area (Å²) in [4.78, 5) is 0. The van der Waals surface area contributed by atoms with Crippen LogP contribution in [-0.4, -0.2) is 28.4 Å². The molecule has 0 fully saturated rings. The van der Waals surface area contributed by atoms with Gasteiger partial charge in [0.25, 0.3) is 0 Å². The summed E-state index contributed by atoms with van der Waals surface area (Å²) in [5.41, 5.74) is 0. The van der Waals surface area contributed by atoms with Crippen molar-refractivity contribution in [3.05, 3.63) is 0 Å². The van der Waals surface area contributed by atoms with E-state index in [1.807, 2.05) is 6.92 Å². The quantitative estimate of drug-likeness (QED) is 0.601. The van der Waals surface area contributed by atoms with Crippen LogP contribution in [0.2, 0.25) is 0 Å². The monoisotopic (exact) mass is 180 g/mol. The van der Waals surface area contributed by atoms with Crippen LogP contribution >= 0.6 is 12.2 Å². The Kier molecular flexibility index (Phi) is 3.81. The third-order valence-electron chi connectivity index (χ3n) is 0.631. The summed E-state index contributed by atoms with van der Waals surface area (Å²) in [5.74, 6) is 0. The van der Waals surface area contributed by atoms with E-state index in [2.05, 4.69) is 9.68 Å². The molecule has 0 aromatic rings. The van der Waals surface area contributed by atoms with E-state index in [9.17, 15) is 4.21 Å². The smallest absolute Gasteiger partial charge is 0.201 e. The third kappa shape index (κ3) is 5.97. The fourth-order valence-electron chi connectivity index (χ4n) is 0.383. The zero-order valence-corrected chi connectivity index (χ0v) is 8.01. The maximum absolute atomic E-state index is 11.0. The van der Waals surface area contributed by atoms with Gasteiger partial charge in [-0.2, -0.15) is 4.36 Å². The van der Waals surface area contributed by atoms with Crippen molar-refractivity contribution in [2.75, 3.05) is 19.1 Å². The molecule has 0 bridgehead atoms. The highest BCUT2D eigenvalue weighted by molar-refractivity contribution is 7.93. The van der Waals surface area contributed by atoms with Crippen molar-refractivity contribution in [3.8, 4) is 0 Å². The lowest BCUT2D eigenvalue weighted by Gasteiger charge is -1.98. The molecule has 0 aliphatic rings. The molecule has 5 heteroatoms. The molecule has 0 amide bonds. The molecule has 1 N–H and O–H groups in total. The molecule has 0 aliphatic heterocycles. The van der Waals surface area contributed by atoms with Crippen LogP contribution in [0.5, 0.6) is 0 Å². The van der Waals surface area contributed by atoms with Gasteiger partial charge < -0.3 is 5.32 Å². The molecule has 0 atom stereocenters. The largest absolute Gasteiger partial charge is 0.361 e. The lowest BCUT2D eigenvalue weighted by atomic mass is 10.8. The van der Waals surface area contributed by atoms with E-state index in [0.29, 0.717) is 5.11 Å². The summed E-state index contributed by atoms with van der Waals surface area (Å²) in [7, 11) is -2.07. The predicted molar refractivity (Wildman–Crippen MR) is 48.7 cm³/mol. The first kappa shape index (κ1) is 9.84. The molecule has 0 rings (SSSR count). The molecule has 0 saturated carbocycles. The summed E-state index contributed by atoms with van der Waals surface area (Å²) in [6.45, 7) is 2.63. The highest BCUT2D eigenvalue weighted by Crippen LogP contribution is 1.84. The Balaban J connectivity index is 4.16. The predicted octanol–water partition coefficient (Wildman–Crippen LogP) is 0.608. The Morgan fingerprint density at radius 2 is 2.20 bits per heavy atom. The van der Waals surface area contributed by atoms with Crippen LogP contribution in [0, 0.1) is 0 Å². The number of hydrogen-bond donors (Lipinski definition) is 1. The van der Waals surface area contributed by atoms with Gasteiger partial charge in [0, 0.05) is 28.8 Å². The van der Waals surface area contributed by atoms with E-state index >= 15 is 0 Å². The van der Waals surface area contributed by atoms with E-state index in [-0.39, 0.29) is 0 Å². The van der Waals surface area contributed by atoms with Gasteiger partial charge in [0.1, 0.15) is 0 Å². The minimum absolute atomic E-state index is 0.331. The van der Waals surface area contributed by atoms with Gasteiger partial charge in [0.15, 0.2) is 0 Å². The first-order valence-electron chi connectivity index (χ1n) is 2.90. The summed E-state index contributed by atoms with van der Waals surface area (Å²) < 4.78 is 14.7. The van der Waals surface area contributed by atoms with Crippen molar-refractivity contribution in [1.29, 1.82) is 0 Å². The number of nitrogens with one attached hydrogen (secondary N) is 1. The molecule has 0 unspecified atom stereocenters. The van der Waals surface area contributed by atoms with Gasteiger partial charge in [-0.25, -0.2) is 4.21 Å². The van der Waals surface area contributed by atoms with Gasteiger partial charge in [-0.05, 0) is 19.1 Å². The first-order valence-corrected chi connectivity index (χ1v) is 5.64. The van der Waals surface area contributed by atoms with Gasteiger partial charge in [-0.3, -0.25) is 0 Å². The molecule has 0 aromatic heterocycles. The van der Waals surface area contributed by atoms with Crippen LogP contribution in [0.1, 0.15) is 6.92 Å². The van der Waals surface area contributed by atoms with Crippen LogP contribution in [-0.2, 0) is 9.73 Å². The number of thiocarbonyl (C=S) groups is 1. The van der Waals surface area contributed by atoms with Crippen molar-refractivity contribution in [2.24, 2.45) is 4.36 Å². The van der Waals surface area contributed by atoms with Crippen LogP contribution in [0.25, 0.3) is 0 Å². The Morgan fingerprint density at radius 3 is 2.50 bits per heavy atom. The zero-order chi connectivity index (χ0) is 8.20. The summed E-state index contributed by atoms with van der Waals surface area (Å²) in [6.07, 6.45) is 3.10. The van der Waals surface area contributed by atoms with Gasteiger partial charge in [0.2, 0.25) is 5.11 Å². The minimum Gasteiger partial charge on any atom is -0.361 e. The van der Waals surface area contributed by atoms with Crippen LogP contribution in [0.3, 0.4) is 0 Å². The van der Waals surface area contributed by atoms with Crippen LogP contribution in [0.15, 0.2) is 4.36 Å². The van der Waals surface area contributed by atoms with E-state index in [1.165, 1.54) is 0 Å². The van der Waals surface area contributed by atoms with Gasteiger partial charge in [0.05, 0.1) is 0 Å². The maximum Gasteiger partial charge on any atom is 0.201 e. The normalized spacial score (nSPS) is 10.7. The van der Waals surface area contributed by atoms with Crippen molar-refractivity contribution >= 4 is 27.1 Å². The van der Waals surface area contributed by atoms with Gasteiger partial charge in [-0.15, -0.1) is 0 Å². The average Bonchev–Trinajstić information content (AvgIpc) is 1.59. The topological polar surface area (TPSA) is 41.5 Å². The fourth-order valence-corrected chi connectivity index (χ4v) is 1.53. The lowest BCUT2D eigenvalue weighted by molar-refractivity contribution is 0.685. The molecule has 3 nitrogen and oxygen atoms in total. The van der Waals surface area contributed by atoms with Crippen molar-refractivity contribution < 1.29 is 4.21 Å². The maximum atomic E-state index is 11.0. The second kappa shape index (κ2) is 3.88. The van der Waals surface area contributed by atoms with Crippen LogP contribution < -0.4 is 5.32 Å². The molecule has 0 aliphatic carbocycles. The van der Waals surface area contributed by atoms with E-state index in [4.69, 9.17) is 12.2 Å². The lowest BCUT2D eigenvalue weighted by Crippen LogP contribution is -2.19. The number of rotatable bonds is 1. The summed E-state index contributed by atoms with van der Waals surface area (Å²) in [6, 6.07) is 0. The second-order valence-corrected chi connectivity index (χ2v) is 5.04. The molecule has 60 valence electrons. The minimum atomic E-state index is -2.07. The molecule has 10 heavy (non-hydrogen) atoms. The molecule has 0 aromatic carbocycles. The Morgan fingerprint density at radius 1 is 1.70 bits per heavy atom. The van der Waals surface area contributed by atoms with Crippen molar-refractivity contribution in [2.45, 2.75) is 6.92 Å². The summed E-state index contributed by atoms with van der Waals surface area (Å²) in [5, 5.41) is 3.12. The number of nitrogens with zero attached hydrogens (tertiary/aromatic N) is 1. The van der Waals surface area contributed by atoms with Crippen molar-refractivity contribution in [1.82, 2.24) is 5.32 Å². The van der Waals surface area contributed by atoms with E-state index in [1.54, 1.807) is 12.5 Å². The molecule has 0 radical (unpaired) electrons. The molecular formula is C5H12N2OS2. The Hall–Kier alpha value is -0.160. The summed E-state index contributed by atoms with van der Waals surface area (Å²) >= 11 is 4.74. The Bertz CT molecular complexity index is 220. The highest BCUT2D eigenvalue weighted by Gasteiger charge is 1.92. The fraction of sp³-hybridized carbons (Fsp3) is 0.800. The van der Waals surface area contributed by atoms with Gasteiger partial charge in [-0.1, -0.05) is 0 Å². The van der Waals surface area contributed by atoms with Crippen molar-refractivity contribution in [3.63, 3.8) is 0 Å². The standard InChI is InChI=1S/C5H12N2OS2/c1-4-6-5(9)7-10(2,3)8/h4H2,1-3H3,(H,6,9). The van der Waals surface area contributed by atoms with E-state index < -0.39 is 9.73 Å². The Labute approximate surface area is 67.4 Å². The SMILES string of the molecule is CCNC(=S)N=S(C)(C)=O. The molecule has 0 saturated heterocycles. The van der Waals surface area contributed by atoms with E-state index in [0.717, 1.165) is 6.54 Å². The average molecular weight is 180 g/mol. The van der Waals surface area contributed by atoms with Crippen LogP contribution in [0.4, 0.5) is 0 Å².